The highest BCUT2D eigenvalue weighted by Gasteiger charge is 2.69. The molecule has 0 spiro atoms. The van der Waals surface area contributed by atoms with E-state index in [0.717, 1.165) is 0 Å². The number of carbonyl (C=O) groups excluding carboxylic acids is 3. The zero-order chi connectivity index (χ0) is 16.5. The maximum atomic E-state index is 11.8. The number of rotatable bonds is 5. The number of nitrogens with one attached hydrogen (secondary N) is 1. The van der Waals surface area contributed by atoms with Crippen LogP contribution in [0.5, 0.6) is 0 Å². The van der Waals surface area contributed by atoms with Crippen molar-refractivity contribution < 1.29 is 19.1 Å². The number of halogens is 2. The van der Waals surface area contributed by atoms with Crippen LogP contribution in [0.4, 0.5) is 5.69 Å². The number of carbonyl (C=O) groups is 3. The average molecular weight is 345 g/mol. The standard InChI is InChI=1S/C14H14Cl2N2O4/c1-13(7-14(13,15)16)12(21)22-6-10(19)18-9-4-2-8(3-5-9)11(17)20/h2-5H,6-7H2,1H3,(H2,17,20)(H,18,19)/t13-/m1/s1. The fourth-order valence-corrected chi connectivity index (χ4v) is 2.52. The second kappa shape index (κ2) is 5.78. The molecule has 118 valence electrons. The van der Waals surface area contributed by atoms with Crippen LogP contribution in [0.3, 0.4) is 0 Å². The molecule has 1 aromatic carbocycles. The van der Waals surface area contributed by atoms with E-state index in [1.54, 1.807) is 6.92 Å². The Bertz CT molecular complexity index is 630. The zero-order valence-corrected chi connectivity index (χ0v) is 13.2. The van der Waals surface area contributed by atoms with E-state index in [-0.39, 0.29) is 6.42 Å². The van der Waals surface area contributed by atoms with E-state index in [4.69, 9.17) is 33.7 Å². The lowest BCUT2D eigenvalue weighted by Gasteiger charge is -2.12. The first kappa shape index (κ1) is 16.6. The minimum Gasteiger partial charge on any atom is -0.455 e. The van der Waals surface area contributed by atoms with Gasteiger partial charge in [0.15, 0.2) is 6.61 Å². The Morgan fingerprint density at radius 2 is 1.82 bits per heavy atom. The number of primary amides is 1. The topological polar surface area (TPSA) is 98.5 Å². The number of amides is 2. The molecule has 0 aliphatic heterocycles. The number of anilines is 1. The molecule has 3 N–H and O–H groups in total. The highest BCUT2D eigenvalue weighted by molar-refractivity contribution is 6.53. The third-order valence-electron chi connectivity index (χ3n) is 3.50. The molecule has 1 fully saturated rings. The summed E-state index contributed by atoms with van der Waals surface area (Å²) in [5.74, 6) is -1.69. The van der Waals surface area contributed by atoms with Crippen LogP contribution in [0.1, 0.15) is 23.7 Å². The fourth-order valence-electron chi connectivity index (χ4n) is 1.83. The molecular weight excluding hydrogens is 331 g/mol. The van der Waals surface area contributed by atoms with Crippen molar-refractivity contribution in [1.29, 1.82) is 0 Å². The molecule has 1 aliphatic carbocycles. The summed E-state index contributed by atoms with van der Waals surface area (Å²) in [7, 11) is 0. The summed E-state index contributed by atoms with van der Waals surface area (Å²) >= 11 is 11.7. The second-order valence-corrected chi connectivity index (χ2v) is 6.76. The van der Waals surface area contributed by atoms with Gasteiger partial charge in [0.25, 0.3) is 5.91 Å². The van der Waals surface area contributed by atoms with Crippen LogP contribution < -0.4 is 11.1 Å². The summed E-state index contributed by atoms with van der Waals surface area (Å²) < 4.78 is 3.77. The van der Waals surface area contributed by atoms with Gasteiger partial charge in [-0.15, -0.1) is 23.2 Å². The lowest BCUT2D eigenvalue weighted by Crippen LogP contribution is -2.26. The fraction of sp³-hybridized carbons (Fsp3) is 0.357. The molecule has 1 atom stereocenters. The van der Waals surface area contributed by atoms with Crippen LogP contribution in [-0.2, 0) is 14.3 Å². The first-order valence-electron chi connectivity index (χ1n) is 6.40. The van der Waals surface area contributed by atoms with Crippen LogP contribution in [0.2, 0.25) is 0 Å². The van der Waals surface area contributed by atoms with Gasteiger partial charge < -0.3 is 15.8 Å². The first-order chi connectivity index (χ1) is 10.2. The average Bonchev–Trinajstić information content (AvgIpc) is 2.97. The van der Waals surface area contributed by atoms with Crippen molar-refractivity contribution in [3.05, 3.63) is 29.8 Å². The molecule has 0 aromatic heterocycles. The van der Waals surface area contributed by atoms with Gasteiger partial charge in [0.2, 0.25) is 5.91 Å². The van der Waals surface area contributed by atoms with Gasteiger partial charge in [-0.2, -0.15) is 0 Å². The van der Waals surface area contributed by atoms with Gasteiger partial charge >= 0.3 is 5.97 Å². The molecule has 22 heavy (non-hydrogen) atoms. The van der Waals surface area contributed by atoms with E-state index in [1.165, 1.54) is 24.3 Å². The van der Waals surface area contributed by atoms with Crippen molar-refractivity contribution in [2.75, 3.05) is 11.9 Å². The van der Waals surface area contributed by atoms with Gasteiger partial charge in [0.05, 0.1) is 0 Å². The number of nitrogens with two attached hydrogens (primary N) is 1. The zero-order valence-electron chi connectivity index (χ0n) is 11.7. The van der Waals surface area contributed by atoms with Crippen LogP contribution in [0, 0.1) is 5.41 Å². The SMILES string of the molecule is C[C@]1(C(=O)OCC(=O)Nc2ccc(C(N)=O)cc2)CC1(Cl)Cl. The Morgan fingerprint density at radius 1 is 1.27 bits per heavy atom. The molecule has 1 aliphatic rings. The third kappa shape index (κ3) is 3.34. The molecule has 1 aromatic rings. The van der Waals surface area contributed by atoms with E-state index in [2.05, 4.69) is 5.32 Å². The smallest absolute Gasteiger partial charge is 0.315 e. The Kier molecular flexibility index (Phi) is 4.35. The summed E-state index contributed by atoms with van der Waals surface area (Å²) in [5, 5.41) is 2.52. The quantitative estimate of drug-likeness (QED) is 0.628. The van der Waals surface area contributed by atoms with E-state index in [9.17, 15) is 14.4 Å². The Morgan fingerprint density at radius 3 is 2.27 bits per heavy atom. The van der Waals surface area contributed by atoms with Gasteiger partial charge in [-0.3, -0.25) is 14.4 Å². The Balaban J connectivity index is 1.83. The summed E-state index contributed by atoms with van der Waals surface area (Å²) in [5.41, 5.74) is 4.91. The van der Waals surface area contributed by atoms with E-state index >= 15 is 0 Å². The third-order valence-corrected chi connectivity index (χ3v) is 4.60. The maximum absolute atomic E-state index is 11.8. The summed E-state index contributed by atoms with van der Waals surface area (Å²) in [4.78, 5) is 34.4. The van der Waals surface area contributed by atoms with Crippen LogP contribution in [0.15, 0.2) is 24.3 Å². The molecule has 0 bridgehead atoms. The predicted octanol–water partition coefficient (Wildman–Crippen LogP) is 1.85. The van der Waals surface area contributed by atoms with Gasteiger partial charge in [0, 0.05) is 17.7 Å². The van der Waals surface area contributed by atoms with Crippen molar-refractivity contribution in [3.8, 4) is 0 Å². The second-order valence-electron chi connectivity index (χ2n) is 5.28. The Labute approximate surface area is 136 Å². The van der Waals surface area contributed by atoms with Crippen LogP contribution in [0.25, 0.3) is 0 Å². The lowest BCUT2D eigenvalue weighted by atomic mass is 10.1. The highest BCUT2D eigenvalue weighted by atomic mass is 35.5. The van der Waals surface area contributed by atoms with Gasteiger partial charge in [-0.25, -0.2) is 0 Å². The molecule has 6 nitrogen and oxygen atoms in total. The molecule has 0 unspecified atom stereocenters. The van der Waals surface area contributed by atoms with E-state index in [1.807, 2.05) is 0 Å². The molecule has 0 heterocycles. The molecule has 1 saturated carbocycles. The summed E-state index contributed by atoms with van der Waals surface area (Å²) in [6.07, 6.45) is 0.290. The van der Waals surface area contributed by atoms with E-state index in [0.29, 0.717) is 11.3 Å². The number of alkyl halides is 2. The predicted molar refractivity (Wildman–Crippen MR) is 81.7 cm³/mol. The maximum Gasteiger partial charge on any atom is 0.315 e. The summed E-state index contributed by atoms with van der Waals surface area (Å²) in [6.45, 7) is 1.13. The van der Waals surface area contributed by atoms with Gasteiger partial charge in [-0.05, 0) is 31.2 Å². The van der Waals surface area contributed by atoms with Gasteiger partial charge in [-0.1, -0.05) is 0 Å². The normalized spacial score (nSPS) is 21.8. The largest absolute Gasteiger partial charge is 0.455 e. The van der Waals surface area contributed by atoms with Crippen molar-refractivity contribution in [2.24, 2.45) is 11.1 Å². The molecule has 2 amide bonds. The molecule has 2 rings (SSSR count). The van der Waals surface area contributed by atoms with Crippen molar-refractivity contribution in [2.45, 2.75) is 17.7 Å². The first-order valence-corrected chi connectivity index (χ1v) is 7.16. The number of esters is 1. The number of benzene rings is 1. The van der Waals surface area contributed by atoms with E-state index < -0.39 is 34.1 Å². The minimum absolute atomic E-state index is 0.290. The van der Waals surface area contributed by atoms with Crippen molar-refractivity contribution in [1.82, 2.24) is 0 Å². The molecular formula is C14H14Cl2N2O4. The van der Waals surface area contributed by atoms with Crippen LogP contribution in [-0.4, -0.2) is 28.7 Å². The molecule has 0 radical (unpaired) electrons. The minimum atomic E-state index is -1.13. The monoisotopic (exact) mass is 344 g/mol. The van der Waals surface area contributed by atoms with Crippen molar-refractivity contribution >= 4 is 46.7 Å². The summed E-state index contributed by atoms with van der Waals surface area (Å²) in [6, 6.07) is 5.99. The Hall–Kier alpha value is -1.79. The molecule has 0 saturated heterocycles. The number of ether oxygens (including phenoxy) is 1. The molecule has 8 heteroatoms. The van der Waals surface area contributed by atoms with Crippen molar-refractivity contribution in [3.63, 3.8) is 0 Å². The highest BCUT2D eigenvalue weighted by Crippen LogP contribution is 2.64. The van der Waals surface area contributed by atoms with Gasteiger partial charge in [0.1, 0.15) is 9.75 Å². The lowest BCUT2D eigenvalue weighted by molar-refractivity contribution is -0.152. The van der Waals surface area contributed by atoms with Crippen LogP contribution >= 0.6 is 23.2 Å². The number of hydrogen-bond donors (Lipinski definition) is 2. The number of hydrogen-bond acceptors (Lipinski definition) is 4.